The minimum Gasteiger partial charge on any atom is -0.481 e. The Morgan fingerprint density at radius 2 is 1.73 bits per heavy atom. The summed E-state index contributed by atoms with van der Waals surface area (Å²) in [5.74, 6) is -1.00. The number of hydrogen-bond donors (Lipinski definition) is 9. The Morgan fingerprint density at radius 1 is 1.02 bits per heavy atom. The molecule has 1 saturated heterocycles. The maximum absolute atomic E-state index is 12.4. The van der Waals surface area contributed by atoms with Gasteiger partial charge in [-0.2, -0.15) is 12.6 Å². The molecule has 5 atom stereocenters. The predicted octanol–water partition coefficient (Wildman–Crippen LogP) is 4.54. The van der Waals surface area contributed by atoms with Gasteiger partial charge in [-0.05, 0) is 92.2 Å². The van der Waals surface area contributed by atoms with Gasteiger partial charge in [0.25, 0.3) is 11.9 Å². The number of aromatic nitrogens is 1. The van der Waals surface area contributed by atoms with E-state index in [1.165, 1.54) is 6.08 Å². The van der Waals surface area contributed by atoms with Crippen LogP contribution < -0.4 is 16.0 Å². The molecule has 1 amide bonds. The molecule has 0 aliphatic carbocycles. The number of hydrogen-bond acceptors (Lipinski definition) is 8. The number of aliphatic carboxylic acids is 1. The van der Waals surface area contributed by atoms with Crippen LogP contribution in [0.3, 0.4) is 0 Å². The molecule has 3 aliphatic heterocycles. The highest BCUT2D eigenvalue weighted by Gasteiger charge is 2.35. The van der Waals surface area contributed by atoms with E-state index in [1.807, 2.05) is 39.8 Å². The minimum absolute atomic E-state index is 0.0220. The number of carboxylic acid groups (broad SMARTS) is 1. The first kappa shape index (κ1) is 33.1. The number of thiol groups is 1. The zero-order chi connectivity index (χ0) is 32.3. The van der Waals surface area contributed by atoms with Crippen molar-refractivity contribution >= 4 is 36.7 Å². The quantitative estimate of drug-likeness (QED) is 0.121. The van der Waals surface area contributed by atoms with Crippen molar-refractivity contribution in [1.82, 2.24) is 20.9 Å². The number of aromatic amines is 1. The number of amides is 1. The molecule has 1 aromatic rings. The molecule has 0 aromatic carbocycles. The fourth-order valence-electron chi connectivity index (χ4n) is 6.49. The van der Waals surface area contributed by atoms with Crippen LogP contribution in [-0.4, -0.2) is 61.4 Å². The molecule has 1 aromatic heterocycles. The number of H-pyrrole nitrogens is 1. The van der Waals surface area contributed by atoms with Gasteiger partial charge in [0, 0.05) is 58.7 Å². The van der Waals surface area contributed by atoms with E-state index in [2.05, 4.69) is 40.1 Å². The van der Waals surface area contributed by atoms with E-state index >= 15 is 0 Å². The molecule has 4 heterocycles. The normalized spacial score (nSPS) is 26.8. The first-order valence-electron chi connectivity index (χ1n) is 15.0. The van der Waals surface area contributed by atoms with Gasteiger partial charge in [0.1, 0.15) is 6.23 Å². The summed E-state index contributed by atoms with van der Waals surface area (Å²) in [4.78, 5) is 27.5. The third-order valence-corrected chi connectivity index (χ3v) is 9.49. The Morgan fingerprint density at radius 3 is 2.34 bits per heavy atom. The average Bonchev–Trinajstić information content (AvgIpc) is 3.60. The largest absolute Gasteiger partial charge is 0.481 e. The zero-order valence-corrected chi connectivity index (χ0v) is 26.6. The summed E-state index contributed by atoms with van der Waals surface area (Å²) in [6.07, 6.45) is 8.11. The van der Waals surface area contributed by atoms with E-state index < -0.39 is 18.1 Å². The van der Waals surface area contributed by atoms with Crippen molar-refractivity contribution < 1.29 is 30.0 Å². The first-order valence-corrected chi connectivity index (χ1v) is 15.6. The number of allylic oxidation sites excluding steroid dienone is 3. The smallest absolute Gasteiger partial charge is 0.303 e. The monoisotopic (exact) mass is 624 g/mol. The lowest BCUT2D eigenvalue weighted by Crippen LogP contribution is -2.36. The van der Waals surface area contributed by atoms with Crippen molar-refractivity contribution in [2.45, 2.75) is 78.1 Å². The minimum atomic E-state index is -0.896. The molecule has 2 unspecified atom stereocenters. The van der Waals surface area contributed by atoms with Crippen LogP contribution in [0.1, 0.15) is 69.0 Å². The summed E-state index contributed by atoms with van der Waals surface area (Å²) >= 11 is 4.41. The number of carbonyl (C=O) groups is 2. The third-order valence-electron chi connectivity index (χ3n) is 9.23. The van der Waals surface area contributed by atoms with Crippen LogP contribution >= 0.6 is 12.6 Å². The van der Waals surface area contributed by atoms with Gasteiger partial charge in [-0.1, -0.05) is 19.6 Å². The Balaban J connectivity index is 1.74. The Hall–Kier alpha value is -3.83. The lowest BCUT2D eigenvalue weighted by atomic mass is 9.91. The van der Waals surface area contributed by atoms with Gasteiger partial charge in [0.15, 0.2) is 0 Å². The van der Waals surface area contributed by atoms with Crippen LogP contribution in [0.25, 0.3) is 12.2 Å². The van der Waals surface area contributed by atoms with E-state index in [0.717, 1.165) is 57.0 Å². The van der Waals surface area contributed by atoms with Crippen molar-refractivity contribution in [3.63, 3.8) is 0 Å². The van der Waals surface area contributed by atoms with Crippen LogP contribution in [0.2, 0.25) is 0 Å². The second kappa shape index (κ2) is 13.9. The number of aliphatic hydroxyl groups is 3. The van der Waals surface area contributed by atoms with Gasteiger partial charge < -0.3 is 41.4 Å². The molecule has 10 nitrogen and oxygen atoms in total. The standard InChI is InChI=1S/C33H44N4O6S/c1-6-20-16(2)26(36-33(20)43)13-24-17(3)21(7-9-30(38)39)27(34-24)15-28-22(8-10-31(40)41)18(4)25(35-28)14-29-23(11-12-44)19(5)32(42)37-29/h6,9,14-15,19,23-24,26,32,34-35,37-39,42,44H,1,7-8,10-13H2,2-5H3,(H,36,43)(H,40,41)/b27-15-,29-14-/t19-,23-,24?,26-,32?/m1/s1. The highest BCUT2D eigenvalue weighted by molar-refractivity contribution is 7.80. The number of carbonyl (C=O) groups excluding carboxylic acids is 1. The summed E-state index contributed by atoms with van der Waals surface area (Å²) in [5, 5.41) is 48.8. The Kier molecular flexibility index (Phi) is 10.4. The number of aliphatic hydroxyl groups excluding tert-OH is 2. The SMILES string of the molecule is C=CC1=C(C)[C@@H](CC2N/C(=C\c3[nH]c(/C=C4\NC(O)[C@H](C)[C@H]4CCS)c(C)c3CCC(=O)O)C(CC=C(O)O)=C2C)NC1=O. The predicted molar refractivity (Wildman–Crippen MR) is 175 cm³/mol. The highest BCUT2D eigenvalue weighted by Crippen LogP contribution is 2.36. The number of rotatable bonds is 12. The second-order valence-electron chi connectivity index (χ2n) is 11.9. The summed E-state index contributed by atoms with van der Waals surface area (Å²) in [6, 6.07) is -0.313. The molecule has 1 fully saturated rings. The van der Waals surface area contributed by atoms with Crippen LogP contribution in [-0.2, 0) is 16.0 Å². The third kappa shape index (κ3) is 6.94. The van der Waals surface area contributed by atoms with E-state index in [0.29, 0.717) is 24.2 Å². The zero-order valence-electron chi connectivity index (χ0n) is 25.7. The molecule has 4 rings (SSSR count). The fraction of sp³-hybridized carbons (Fsp3) is 0.455. The summed E-state index contributed by atoms with van der Waals surface area (Å²) in [5.41, 5.74) is 8.43. The molecular formula is C33H44N4O6S. The molecule has 0 saturated carbocycles. The molecule has 8 N–H and O–H groups in total. The summed E-state index contributed by atoms with van der Waals surface area (Å²) in [7, 11) is 0. The first-order chi connectivity index (χ1) is 20.9. The number of nitrogens with one attached hydrogen (secondary N) is 4. The van der Waals surface area contributed by atoms with Crippen molar-refractivity contribution in [3.8, 4) is 0 Å². The lowest BCUT2D eigenvalue weighted by molar-refractivity contribution is -0.137. The fourth-order valence-corrected chi connectivity index (χ4v) is 6.77. The molecule has 0 bridgehead atoms. The van der Waals surface area contributed by atoms with Gasteiger partial charge >= 0.3 is 5.97 Å². The maximum Gasteiger partial charge on any atom is 0.303 e. The van der Waals surface area contributed by atoms with Crippen LogP contribution in [0.4, 0.5) is 0 Å². The average molecular weight is 625 g/mol. The van der Waals surface area contributed by atoms with Crippen LogP contribution in [0.15, 0.2) is 58.4 Å². The van der Waals surface area contributed by atoms with Crippen molar-refractivity contribution in [3.05, 3.63) is 80.9 Å². The van der Waals surface area contributed by atoms with E-state index in [-0.39, 0.29) is 42.7 Å². The second-order valence-corrected chi connectivity index (χ2v) is 12.3. The molecule has 0 spiro atoms. The Bertz CT molecular complexity index is 1480. The summed E-state index contributed by atoms with van der Waals surface area (Å²) < 4.78 is 0. The van der Waals surface area contributed by atoms with Gasteiger partial charge in [0.2, 0.25) is 0 Å². The van der Waals surface area contributed by atoms with Gasteiger partial charge in [-0.3, -0.25) is 9.59 Å². The topological polar surface area (TPSA) is 167 Å². The van der Waals surface area contributed by atoms with Gasteiger partial charge in [-0.25, -0.2) is 0 Å². The van der Waals surface area contributed by atoms with Crippen molar-refractivity contribution in [2.75, 3.05) is 5.75 Å². The molecular weight excluding hydrogens is 580 g/mol. The van der Waals surface area contributed by atoms with E-state index in [4.69, 9.17) is 0 Å². The molecule has 238 valence electrons. The van der Waals surface area contributed by atoms with Crippen molar-refractivity contribution in [2.24, 2.45) is 11.8 Å². The number of carboxylic acids is 1. The summed E-state index contributed by atoms with van der Waals surface area (Å²) in [6.45, 7) is 11.6. The van der Waals surface area contributed by atoms with E-state index in [1.54, 1.807) is 6.08 Å². The van der Waals surface area contributed by atoms with Crippen LogP contribution in [0.5, 0.6) is 0 Å². The van der Waals surface area contributed by atoms with Crippen LogP contribution in [0, 0.1) is 18.8 Å². The van der Waals surface area contributed by atoms with E-state index in [9.17, 15) is 30.0 Å². The molecule has 44 heavy (non-hydrogen) atoms. The highest BCUT2D eigenvalue weighted by atomic mass is 32.1. The molecule has 11 heteroatoms. The van der Waals surface area contributed by atoms with Gasteiger partial charge in [0.05, 0.1) is 6.04 Å². The van der Waals surface area contributed by atoms with Gasteiger partial charge in [-0.15, -0.1) is 0 Å². The van der Waals surface area contributed by atoms with Crippen molar-refractivity contribution in [1.29, 1.82) is 0 Å². The molecule has 3 aliphatic rings. The lowest BCUT2D eigenvalue weighted by Gasteiger charge is -2.20. The maximum atomic E-state index is 12.4. The Labute approximate surface area is 263 Å². The molecule has 0 radical (unpaired) electrons.